The highest BCUT2D eigenvalue weighted by molar-refractivity contribution is 5.64. The summed E-state index contributed by atoms with van der Waals surface area (Å²) in [5, 5.41) is 3.51. The van der Waals surface area contributed by atoms with E-state index in [2.05, 4.69) is 102 Å². The van der Waals surface area contributed by atoms with Crippen molar-refractivity contribution in [2.45, 2.75) is 57.4 Å². The molecule has 2 aromatic carbocycles. The van der Waals surface area contributed by atoms with Crippen LogP contribution in [-0.4, -0.2) is 6.04 Å². The van der Waals surface area contributed by atoms with Crippen LogP contribution < -0.4 is 10.2 Å². The average Bonchev–Trinajstić information content (AvgIpc) is 2.89. The molecule has 3 aliphatic carbocycles. The molecule has 4 atom stereocenters. The van der Waals surface area contributed by atoms with Crippen LogP contribution in [0.25, 0.3) is 0 Å². The zero-order chi connectivity index (χ0) is 23.2. The highest BCUT2D eigenvalue weighted by Gasteiger charge is 2.31. The van der Waals surface area contributed by atoms with Gasteiger partial charge in [0, 0.05) is 23.3 Å². The molecule has 0 radical (unpaired) electrons. The third-order valence-corrected chi connectivity index (χ3v) is 7.90. The van der Waals surface area contributed by atoms with Crippen molar-refractivity contribution in [3.8, 4) is 0 Å². The summed E-state index contributed by atoms with van der Waals surface area (Å²) < 4.78 is 0. The minimum absolute atomic E-state index is 0.429. The first-order valence-electron chi connectivity index (χ1n) is 13.2. The Morgan fingerprint density at radius 2 is 1.71 bits per heavy atom. The number of nitrogens with one attached hydrogen (secondary N) is 1. The summed E-state index contributed by atoms with van der Waals surface area (Å²) in [7, 11) is 0. The minimum atomic E-state index is 0.429. The quantitative estimate of drug-likeness (QED) is 0.424. The number of para-hydroxylation sites is 1. The highest BCUT2D eigenvalue weighted by atomic mass is 15.1. The second-order valence-electron chi connectivity index (χ2n) is 10.2. The van der Waals surface area contributed by atoms with E-state index in [9.17, 15) is 0 Å². The van der Waals surface area contributed by atoms with Gasteiger partial charge < -0.3 is 10.2 Å². The van der Waals surface area contributed by atoms with Gasteiger partial charge in [-0.25, -0.2) is 0 Å². The largest absolute Gasteiger partial charge is 0.356 e. The number of nitrogens with zero attached hydrogens (tertiary/aromatic N) is 1. The van der Waals surface area contributed by atoms with Gasteiger partial charge in [0.25, 0.3) is 0 Å². The Hall–Kier alpha value is -3.00. The lowest BCUT2D eigenvalue weighted by atomic mass is 9.72. The van der Waals surface area contributed by atoms with Gasteiger partial charge in [0.2, 0.25) is 0 Å². The molecule has 4 unspecified atom stereocenters. The lowest BCUT2D eigenvalue weighted by Gasteiger charge is -2.39. The standard InChI is InChI=1S/C32H38N2/c1-25-10-5-6-11-26(25)14-9-23-34(32-20-17-27-12-7-8-13-28(27)24-32)31-21-18-30(19-22-31)33-29-15-3-2-4-16-29/h2-5,9-10,15-23,26-28,32-33H,1,6-8,11-14,24H2. The molecule has 0 amide bonds. The first kappa shape index (κ1) is 22.8. The predicted molar refractivity (Wildman–Crippen MR) is 146 cm³/mol. The van der Waals surface area contributed by atoms with Crippen molar-refractivity contribution in [2.75, 3.05) is 10.2 Å². The van der Waals surface area contributed by atoms with Crippen LogP contribution in [0.5, 0.6) is 0 Å². The molecule has 34 heavy (non-hydrogen) atoms. The number of allylic oxidation sites excluding steroid dienone is 5. The van der Waals surface area contributed by atoms with Crippen molar-refractivity contribution in [3.05, 3.63) is 103 Å². The van der Waals surface area contributed by atoms with Crippen LogP contribution in [0.15, 0.2) is 103 Å². The molecule has 1 saturated carbocycles. The fraction of sp³-hybridized carbons (Fsp3) is 0.375. The summed E-state index contributed by atoms with van der Waals surface area (Å²) in [5.41, 5.74) is 4.78. The van der Waals surface area contributed by atoms with Gasteiger partial charge in [-0.2, -0.15) is 0 Å². The fourth-order valence-electron chi connectivity index (χ4n) is 5.90. The maximum absolute atomic E-state index is 4.28. The van der Waals surface area contributed by atoms with Gasteiger partial charge >= 0.3 is 0 Å². The van der Waals surface area contributed by atoms with Crippen LogP contribution >= 0.6 is 0 Å². The van der Waals surface area contributed by atoms with Gasteiger partial charge in [-0.1, -0.05) is 73.6 Å². The number of benzene rings is 2. The number of rotatable bonds is 7. The predicted octanol–water partition coefficient (Wildman–Crippen LogP) is 8.80. The first-order chi connectivity index (χ1) is 16.8. The lowest BCUT2D eigenvalue weighted by molar-refractivity contribution is 0.249. The summed E-state index contributed by atoms with van der Waals surface area (Å²) in [4.78, 5) is 2.51. The molecule has 0 aromatic heterocycles. The van der Waals surface area contributed by atoms with Crippen molar-refractivity contribution in [1.82, 2.24) is 0 Å². The van der Waals surface area contributed by atoms with Crippen molar-refractivity contribution in [1.29, 1.82) is 0 Å². The summed E-state index contributed by atoms with van der Waals surface area (Å²) in [6, 6.07) is 19.7. The molecule has 176 valence electrons. The zero-order valence-corrected chi connectivity index (χ0v) is 20.3. The summed E-state index contributed by atoms with van der Waals surface area (Å²) in [6.07, 6.45) is 24.5. The van der Waals surface area contributed by atoms with E-state index in [-0.39, 0.29) is 0 Å². The van der Waals surface area contributed by atoms with Gasteiger partial charge in [0.1, 0.15) is 0 Å². The lowest BCUT2D eigenvalue weighted by Crippen LogP contribution is -2.36. The SMILES string of the molecule is C=C1C=CCCC1CC=CN(c1ccc(Nc2ccccc2)cc1)C1C=CC2CCCCC2C1. The Bertz CT molecular complexity index is 1030. The van der Waals surface area contributed by atoms with E-state index >= 15 is 0 Å². The van der Waals surface area contributed by atoms with E-state index in [1.54, 1.807) is 0 Å². The molecule has 2 aromatic rings. The van der Waals surface area contributed by atoms with Crippen molar-refractivity contribution >= 4 is 17.1 Å². The molecule has 1 fully saturated rings. The smallest absolute Gasteiger partial charge is 0.0519 e. The Labute approximate surface area is 205 Å². The molecule has 0 heterocycles. The number of hydrogen-bond acceptors (Lipinski definition) is 2. The van der Waals surface area contributed by atoms with E-state index in [1.165, 1.54) is 56.2 Å². The molecule has 0 bridgehead atoms. The topological polar surface area (TPSA) is 15.3 Å². The number of hydrogen-bond donors (Lipinski definition) is 1. The van der Waals surface area contributed by atoms with Crippen molar-refractivity contribution in [3.63, 3.8) is 0 Å². The van der Waals surface area contributed by atoms with E-state index in [0.29, 0.717) is 12.0 Å². The molecular weight excluding hydrogens is 412 g/mol. The Kier molecular flexibility index (Phi) is 7.34. The van der Waals surface area contributed by atoms with Gasteiger partial charge in [0.15, 0.2) is 0 Å². The third kappa shape index (κ3) is 5.55. The van der Waals surface area contributed by atoms with Gasteiger partial charge in [0.05, 0.1) is 6.04 Å². The van der Waals surface area contributed by atoms with Crippen LogP contribution in [0, 0.1) is 17.8 Å². The van der Waals surface area contributed by atoms with Crippen LogP contribution in [-0.2, 0) is 0 Å². The molecule has 0 aliphatic heterocycles. The Morgan fingerprint density at radius 3 is 2.53 bits per heavy atom. The molecule has 3 aliphatic rings. The van der Waals surface area contributed by atoms with E-state index in [4.69, 9.17) is 0 Å². The molecule has 0 spiro atoms. The molecule has 5 rings (SSSR count). The third-order valence-electron chi connectivity index (χ3n) is 7.90. The maximum Gasteiger partial charge on any atom is 0.0519 e. The molecule has 1 N–H and O–H groups in total. The molecular formula is C32H38N2. The van der Waals surface area contributed by atoms with Crippen LogP contribution in [0.4, 0.5) is 17.1 Å². The molecule has 2 heteroatoms. The van der Waals surface area contributed by atoms with E-state index in [1.807, 2.05) is 6.07 Å². The summed E-state index contributed by atoms with van der Waals surface area (Å²) in [5.74, 6) is 2.21. The van der Waals surface area contributed by atoms with E-state index in [0.717, 1.165) is 29.6 Å². The minimum Gasteiger partial charge on any atom is -0.356 e. The number of anilines is 3. The monoisotopic (exact) mass is 450 g/mol. The second kappa shape index (κ2) is 11.0. The zero-order valence-electron chi connectivity index (χ0n) is 20.3. The maximum atomic E-state index is 4.28. The first-order valence-corrected chi connectivity index (χ1v) is 13.2. The van der Waals surface area contributed by atoms with E-state index < -0.39 is 0 Å². The van der Waals surface area contributed by atoms with Crippen LogP contribution in [0.1, 0.15) is 51.4 Å². The van der Waals surface area contributed by atoms with Gasteiger partial charge in [-0.3, -0.25) is 0 Å². The fourth-order valence-corrected chi connectivity index (χ4v) is 5.90. The second-order valence-corrected chi connectivity index (χ2v) is 10.2. The molecule has 0 saturated heterocycles. The van der Waals surface area contributed by atoms with Crippen molar-refractivity contribution < 1.29 is 0 Å². The average molecular weight is 451 g/mol. The Morgan fingerprint density at radius 1 is 0.912 bits per heavy atom. The van der Waals surface area contributed by atoms with Gasteiger partial charge in [-0.05, 0) is 92.7 Å². The highest BCUT2D eigenvalue weighted by Crippen LogP contribution is 2.39. The summed E-state index contributed by atoms with van der Waals surface area (Å²) in [6.45, 7) is 4.28. The van der Waals surface area contributed by atoms with Crippen LogP contribution in [0.2, 0.25) is 0 Å². The normalized spacial score (nSPS) is 26.4. The van der Waals surface area contributed by atoms with Crippen LogP contribution in [0.3, 0.4) is 0 Å². The van der Waals surface area contributed by atoms with Crippen molar-refractivity contribution in [2.24, 2.45) is 17.8 Å². The molecule has 2 nitrogen and oxygen atoms in total. The Balaban J connectivity index is 1.34. The summed E-state index contributed by atoms with van der Waals surface area (Å²) >= 11 is 0. The number of fused-ring (bicyclic) bond motifs is 1. The van der Waals surface area contributed by atoms with Gasteiger partial charge in [-0.15, -0.1) is 0 Å².